The van der Waals surface area contributed by atoms with Crippen LogP contribution in [0.15, 0.2) is 54.7 Å². The van der Waals surface area contributed by atoms with E-state index >= 15 is 0 Å². The third-order valence-corrected chi connectivity index (χ3v) is 8.34. The Morgan fingerprint density at radius 3 is 2.49 bits per heavy atom. The van der Waals surface area contributed by atoms with Gasteiger partial charge in [-0.15, -0.1) is 0 Å². The highest BCUT2D eigenvalue weighted by Crippen LogP contribution is 2.65. The molecule has 1 aromatic heterocycles. The minimum atomic E-state index is -0.939. The van der Waals surface area contributed by atoms with Crippen LogP contribution in [-0.4, -0.2) is 52.7 Å². The lowest BCUT2D eigenvalue weighted by Crippen LogP contribution is -2.46. The van der Waals surface area contributed by atoms with Crippen LogP contribution in [0.2, 0.25) is 0 Å². The van der Waals surface area contributed by atoms with Crippen LogP contribution in [-0.2, 0) is 9.53 Å². The molecule has 2 aliphatic heterocycles. The number of hydrogen-bond acceptors (Lipinski definition) is 4. The van der Waals surface area contributed by atoms with E-state index in [1.807, 2.05) is 23.1 Å². The Morgan fingerprint density at radius 2 is 1.77 bits per heavy atom. The van der Waals surface area contributed by atoms with E-state index in [-0.39, 0.29) is 17.6 Å². The van der Waals surface area contributed by atoms with Gasteiger partial charge < -0.3 is 14.7 Å². The lowest BCUT2D eigenvalue weighted by molar-refractivity contribution is -0.148. The Bertz CT molecular complexity index is 1270. The van der Waals surface area contributed by atoms with Crippen molar-refractivity contribution >= 4 is 22.8 Å². The monoisotopic (exact) mass is 470 g/mol. The Kier molecular flexibility index (Phi) is 5.56. The summed E-state index contributed by atoms with van der Waals surface area (Å²) in [7, 11) is 0. The van der Waals surface area contributed by atoms with Gasteiger partial charge in [-0.2, -0.15) is 0 Å². The molecule has 2 atom stereocenters. The maximum atomic E-state index is 12.8. The van der Waals surface area contributed by atoms with Crippen molar-refractivity contribution in [2.75, 3.05) is 19.7 Å². The lowest BCUT2D eigenvalue weighted by Gasteiger charge is -2.36. The van der Waals surface area contributed by atoms with Crippen molar-refractivity contribution in [3.05, 3.63) is 65.9 Å². The van der Waals surface area contributed by atoms with Crippen LogP contribution in [0, 0.1) is 5.41 Å². The SMILES string of the molecule is O=C(O)c1ccnc2cc(-c3ccc([C@@H]4CC45CCN(C(=O)[C@H]4CCCCO4)CC5)cc3)ccc12. The highest BCUT2D eigenvalue weighted by molar-refractivity contribution is 6.03. The minimum absolute atomic E-state index is 0.196. The Hall–Kier alpha value is -3.25. The van der Waals surface area contributed by atoms with E-state index in [9.17, 15) is 14.7 Å². The summed E-state index contributed by atoms with van der Waals surface area (Å²) >= 11 is 0. The molecule has 1 aliphatic carbocycles. The van der Waals surface area contributed by atoms with Crippen LogP contribution in [0.25, 0.3) is 22.0 Å². The Balaban J connectivity index is 1.12. The number of nitrogens with zero attached hydrogens (tertiary/aromatic N) is 2. The smallest absolute Gasteiger partial charge is 0.336 e. The molecule has 0 unspecified atom stereocenters. The van der Waals surface area contributed by atoms with E-state index < -0.39 is 5.97 Å². The van der Waals surface area contributed by atoms with Crippen molar-refractivity contribution in [3.8, 4) is 11.1 Å². The molecule has 2 aromatic carbocycles. The number of rotatable bonds is 4. The van der Waals surface area contributed by atoms with Gasteiger partial charge in [0.15, 0.2) is 0 Å². The van der Waals surface area contributed by atoms with Crippen LogP contribution in [0.3, 0.4) is 0 Å². The molecule has 3 fully saturated rings. The molecule has 35 heavy (non-hydrogen) atoms. The number of carbonyl (C=O) groups is 2. The molecule has 1 N–H and O–H groups in total. The summed E-state index contributed by atoms with van der Waals surface area (Å²) in [6, 6.07) is 16.1. The fourth-order valence-corrected chi connectivity index (χ4v) is 6.11. The van der Waals surface area contributed by atoms with Gasteiger partial charge in [0.25, 0.3) is 5.91 Å². The maximum absolute atomic E-state index is 12.8. The molecule has 6 heteroatoms. The molecule has 3 heterocycles. The van der Waals surface area contributed by atoms with Crippen molar-refractivity contribution < 1.29 is 19.4 Å². The minimum Gasteiger partial charge on any atom is -0.478 e. The molecule has 1 spiro atoms. The highest BCUT2D eigenvalue weighted by Gasteiger charge is 2.55. The molecule has 6 rings (SSSR count). The predicted molar refractivity (Wildman–Crippen MR) is 133 cm³/mol. The molecule has 3 aromatic rings. The van der Waals surface area contributed by atoms with E-state index in [4.69, 9.17) is 4.74 Å². The van der Waals surface area contributed by atoms with E-state index in [0.717, 1.165) is 56.3 Å². The van der Waals surface area contributed by atoms with Gasteiger partial charge in [-0.1, -0.05) is 36.4 Å². The van der Waals surface area contributed by atoms with Gasteiger partial charge in [-0.05, 0) is 78.7 Å². The number of amides is 1. The van der Waals surface area contributed by atoms with Gasteiger partial charge >= 0.3 is 5.97 Å². The second-order valence-electron chi connectivity index (χ2n) is 10.3. The van der Waals surface area contributed by atoms with Crippen molar-refractivity contribution in [2.45, 2.75) is 50.5 Å². The van der Waals surface area contributed by atoms with E-state index in [2.05, 4.69) is 29.2 Å². The van der Waals surface area contributed by atoms with Crippen molar-refractivity contribution in [1.29, 1.82) is 0 Å². The second kappa shape index (κ2) is 8.76. The summed E-state index contributed by atoms with van der Waals surface area (Å²) in [4.78, 5) is 30.7. The third kappa shape index (κ3) is 4.10. The standard InChI is InChI=1S/C29H30N2O4/c32-27(26-3-1-2-16-35-26)31-14-11-29(12-15-31)18-24(29)20-6-4-19(5-7-20)21-8-9-22-23(28(33)34)10-13-30-25(22)17-21/h4-10,13,17,24,26H,1-3,11-12,14-16,18H2,(H,33,34)/t24-,26+/m0/s1. The predicted octanol–water partition coefficient (Wildman–Crippen LogP) is 5.27. The first-order chi connectivity index (χ1) is 17.0. The molecule has 1 amide bonds. The van der Waals surface area contributed by atoms with Gasteiger partial charge in [0.1, 0.15) is 6.10 Å². The molecule has 6 nitrogen and oxygen atoms in total. The molecule has 180 valence electrons. The van der Waals surface area contributed by atoms with Crippen LogP contribution >= 0.6 is 0 Å². The molecular weight excluding hydrogens is 440 g/mol. The molecule has 2 saturated heterocycles. The summed E-state index contributed by atoms with van der Waals surface area (Å²) in [6.07, 6.45) is 7.69. The van der Waals surface area contributed by atoms with E-state index in [0.29, 0.717) is 28.8 Å². The number of carbonyl (C=O) groups excluding carboxylic acids is 1. The summed E-state index contributed by atoms with van der Waals surface area (Å²) in [5, 5.41) is 10.1. The molecule has 0 bridgehead atoms. The Labute approximate surface area is 204 Å². The number of likely N-dealkylation sites (tertiary alicyclic amines) is 1. The topological polar surface area (TPSA) is 79.7 Å². The average molecular weight is 471 g/mol. The number of hydrogen-bond donors (Lipinski definition) is 1. The summed E-state index contributed by atoms with van der Waals surface area (Å²) < 4.78 is 5.72. The number of benzene rings is 2. The van der Waals surface area contributed by atoms with E-state index in [1.165, 1.54) is 18.1 Å². The number of pyridine rings is 1. The van der Waals surface area contributed by atoms with Crippen molar-refractivity contribution in [1.82, 2.24) is 9.88 Å². The number of aromatic nitrogens is 1. The summed E-state index contributed by atoms with van der Waals surface area (Å²) in [6.45, 7) is 2.40. The average Bonchev–Trinajstić information content (AvgIpc) is 3.61. The van der Waals surface area contributed by atoms with Crippen molar-refractivity contribution in [3.63, 3.8) is 0 Å². The van der Waals surface area contributed by atoms with Crippen LogP contribution in [0.1, 0.15) is 60.4 Å². The number of fused-ring (bicyclic) bond motifs is 1. The fraction of sp³-hybridized carbons (Fsp3) is 0.414. The van der Waals surface area contributed by atoms with Crippen LogP contribution < -0.4 is 0 Å². The largest absolute Gasteiger partial charge is 0.478 e. The second-order valence-corrected chi connectivity index (χ2v) is 10.3. The number of carboxylic acid groups (broad SMARTS) is 1. The normalized spacial score (nSPS) is 23.4. The number of ether oxygens (including phenoxy) is 1. The van der Waals surface area contributed by atoms with Gasteiger partial charge in [0.2, 0.25) is 0 Å². The summed E-state index contributed by atoms with van der Waals surface area (Å²) in [5.41, 5.74) is 4.80. The molecular formula is C29H30N2O4. The fourth-order valence-electron chi connectivity index (χ4n) is 6.11. The zero-order valence-electron chi connectivity index (χ0n) is 19.8. The number of carboxylic acids is 1. The summed E-state index contributed by atoms with van der Waals surface area (Å²) in [5.74, 6) is -0.178. The van der Waals surface area contributed by atoms with Crippen LogP contribution in [0.5, 0.6) is 0 Å². The number of aromatic carboxylic acids is 1. The van der Waals surface area contributed by atoms with E-state index in [1.54, 1.807) is 6.20 Å². The van der Waals surface area contributed by atoms with Gasteiger partial charge in [-0.25, -0.2) is 4.79 Å². The first-order valence-corrected chi connectivity index (χ1v) is 12.7. The van der Waals surface area contributed by atoms with Gasteiger partial charge in [0, 0.05) is 31.3 Å². The molecule has 0 radical (unpaired) electrons. The quantitative estimate of drug-likeness (QED) is 0.562. The Morgan fingerprint density at radius 1 is 1.00 bits per heavy atom. The number of piperidine rings is 1. The maximum Gasteiger partial charge on any atom is 0.336 e. The third-order valence-electron chi connectivity index (χ3n) is 8.34. The first kappa shape index (κ1) is 22.2. The molecule has 3 aliphatic rings. The lowest BCUT2D eigenvalue weighted by atomic mass is 9.88. The van der Waals surface area contributed by atoms with Gasteiger partial charge in [-0.3, -0.25) is 9.78 Å². The van der Waals surface area contributed by atoms with Gasteiger partial charge in [0.05, 0.1) is 11.1 Å². The zero-order chi connectivity index (χ0) is 24.0. The van der Waals surface area contributed by atoms with Crippen molar-refractivity contribution in [2.24, 2.45) is 5.41 Å². The van der Waals surface area contributed by atoms with Crippen LogP contribution in [0.4, 0.5) is 0 Å². The zero-order valence-corrected chi connectivity index (χ0v) is 19.8. The molecule has 1 saturated carbocycles. The first-order valence-electron chi connectivity index (χ1n) is 12.7. The highest BCUT2D eigenvalue weighted by atomic mass is 16.5.